The highest BCUT2D eigenvalue weighted by Gasteiger charge is 2.13. The Labute approximate surface area is 187 Å². The molecule has 0 fully saturated rings. The fourth-order valence-corrected chi connectivity index (χ4v) is 4.04. The fraction of sp³-hybridized carbons (Fsp3) is 0.136. The summed E-state index contributed by atoms with van der Waals surface area (Å²) in [4.78, 5) is 0.174. The summed E-state index contributed by atoms with van der Waals surface area (Å²) < 4.78 is 38.1. The minimum Gasteiger partial charge on any atom is -0.493 e. The molecule has 3 aromatic rings. The van der Waals surface area contributed by atoms with Gasteiger partial charge in [0.25, 0.3) is 0 Å². The maximum Gasteiger partial charge on any atom is 0.240 e. The molecule has 0 aliphatic carbocycles. The average Bonchev–Trinajstić information content (AvgIpc) is 2.78. The van der Waals surface area contributed by atoms with Crippen molar-refractivity contribution in [3.63, 3.8) is 0 Å². The zero-order valence-corrected chi connectivity index (χ0v) is 18.7. The lowest BCUT2D eigenvalue weighted by molar-refractivity contribution is 0.355. The van der Waals surface area contributed by atoms with Crippen LogP contribution in [0.5, 0.6) is 11.5 Å². The van der Waals surface area contributed by atoms with Crippen molar-refractivity contribution < 1.29 is 17.9 Å². The summed E-state index contributed by atoms with van der Waals surface area (Å²) in [6.07, 6.45) is 0. The van der Waals surface area contributed by atoms with E-state index in [1.165, 1.54) is 12.1 Å². The quantitative estimate of drug-likeness (QED) is 0.441. The molecular weight excluding hydrogens is 434 g/mol. The van der Waals surface area contributed by atoms with Crippen LogP contribution in [-0.4, -0.2) is 27.7 Å². The van der Waals surface area contributed by atoms with Gasteiger partial charge in [-0.05, 0) is 54.2 Å². The third kappa shape index (κ3) is 6.17. The standard InChI is InChI=1S/C22H23N3O4S2/c1-28-20-13-10-18(14-21(20)29-2)25-22(30)24-17-8-11-19(12-9-17)31(26,27)23-15-16-6-4-3-5-7-16/h3-14,23H,15H2,1-2H3,(H2,24,25,30). The molecule has 0 heterocycles. The number of benzene rings is 3. The van der Waals surface area contributed by atoms with Gasteiger partial charge >= 0.3 is 0 Å². The molecule has 0 radical (unpaired) electrons. The van der Waals surface area contributed by atoms with Crippen molar-refractivity contribution in [3.05, 3.63) is 78.4 Å². The van der Waals surface area contributed by atoms with Gasteiger partial charge in [-0.3, -0.25) is 0 Å². The first-order valence-electron chi connectivity index (χ1n) is 9.35. The van der Waals surface area contributed by atoms with Crippen LogP contribution in [0, 0.1) is 0 Å². The van der Waals surface area contributed by atoms with E-state index in [0.717, 1.165) is 11.3 Å². The molecule has 0 spiro atoms. The van der Waals surface area contributed by atoms with Gasteiger partial charge in [0.15, 0.2) is 16.6 Å². The van der Waals surface area contributed by atoms with E-state index >= 15 is 0 Å². The molecule has 0 aliphatic rings. The summed E-state index contributed by atoms with van der Waals surface area (Å²) in [6.45, 7) is 0.225. The normalized spacial score (nSPS) is 10.9. The molecule has 3 N–H and O–H groups in total. The molecule has 3 aromatic carbocycles. The first kappa shape index (κ1) is 22.5. The Morgan fingerprint density at radius 2 is 1.45 bits per heavy atom. The highest BCUT2D eigenvalue weighted by molar-refractivity contribution is 7.89. The molecule has 0 aliphatic heterocycles. The second kappa shape index (κ2) is 10.3. The van der Waals surface area contributed by atoms with Gasteiger partial charge in [-0.2, -0.15) is 0 Å². The zero-order chi connectivity index (χ0) is 22.3. The smallest absolute Gasteiger partial charge is 0.240 e. The number of rotatable bonds is 8. The van der Waals surface area contributed by atoms with Gasteiger partial charge in [-0.1, -0.05) is 30.3 Å². The van der Waals surface area contributed by atoms with E-state index in [9.17, 15) is 8.42 Å². The van der Waals surface area contributed by atoms with Crippen LogP contribution in [-0.2, 0) is 16.6 Å². The van der Waals surface area contributed by atoms with Crippen molar-refractivity contribution in [2.75, 3.05) is 24.9 Å². The first-order valence-corrected chi connectivity index (χ1v) is 11.2. The van der Waals surface area contributed by atoms with Crippen LogP contribution in [0.4, 0.5) is 11.4 Å². The molecular formula is C22H23N3O4S2. The number of hydrogen-bond acceptors (Lipinski definition) is 5. The molecule has 9 heteroatoms. The minimum absolute atomic E-state index is 0.174. The van der Waals surface area contributed by atoms with Gasteiger partial charge < -0.3 is 20.1 Å². The van der Waals surface area contributed by atoms with Crippen LogP contribution < -0.4 is 24.8 Å². The van der Waals surface area contributed by atoms with Gasteiger partial charge in [0, 0.05) is 24.0 Å². The van der Waals surface area contributed by atoms with Crippen molar-refractivity contribution in [3.8, 4) is 11.5 Å². The lowest BCUT2D eigenvalue weighted by Crippen LogP contribution is -2.23. The number of anilines is 2. The van der Waals surface area contributed by atoms with Crippen molar-refractivity contribution in [2.24, 2.45) is 0 Å². The van der Waals surface area contributed by atoms with Crippen molar-refractivity contribution >= 4 is 38.7 Å². The SMILES string of the molecule is COc1ccc(NC(=S)Nc2ccc(S(=O)(=O)NCc3ccccc3)cc2)cc1OC. The monoisotopic (exact) mass is 457 g/mol. The molecule has 31 heavy (non-hydrogen) atoms. The third-order valence-corrected chi connectivity index (χ3v) is 5.99. The largest absolute Gasteiger partial charge is 0.493 e. The van der Waals surface area contributed by atoms with Gasteiger partial charge in [0.2, 0.25) is 10.0 Å². The molecule has 3 rings (SSSR count). The van der Waals surface area contributed by atoms with Crippen molar-refractivity contribution in [1.82, 2.24) is 4.72 Å². The summed E-state index contributed by atoms with van der Waals surface area (Å²) in [5, 5.41) is 6.43. The summed E-state index contributed by atoms with van der Waals surface area (Å²) in [5.74, 6) is 1.19. The van der Waals surface area contributed by atoms with E-state index in [2.05, 4.69) is 15.4 Å². The van der Waals surface area contributed by atoms with E-state index in [-0.39, 0.29) is 11.4 Å². The maximum atomic E-state index is 12.5. The number of hydrogen-bond donors (Lipinski definition) is 3. The Kier molecular flexibility index (Phi) is 7.45. The van der Waals surface area contributed by atoms with Gasteiger partial charge in [0.1, 0.15) is 0 Å². The molecule has 7 nitrogen and oxygen atoms in total. The molecule has 0 atom stereocenters. The highest BCUT2D eigenvalue weighted by Crippen LogP contribution is 2.29. The molecule has 0 aromatic heterocycles. The Balaban J connectivity index is 1.60. The van der Waals surface area contributed by atoms with Gasteiger partial charge in [0.05, 0.1) is 19.1 Å². The molecule has 0 amide bonds. The summed E-state index contributed by atoms with van der Waals surface area (Å²) >= 11 is 5.34. The Morgan fingerprint density at radius 3 is 2.10 bits per heavy atom. The van der Waals surface area contributed by atoms with E-state index in [1.54, 1.807) is 38.5 Å². The predicted molar refractivity (Wildman–Crippen MR) is 126 cm³/mol. The number of thiocarbonyl (C=S) groups is 1. The third-order valence-electron chi connectivity index (χ3n) is 4.37. The number of methoxy groups -OCH3 is 2. The van der Waals surface area contributed by atoms with Crippen LogP contribution >= 0.6 is 12.2 Å². The fourth-order valence-electron chi connectivity index (χ4n) is 2.78. The number of nitrogens with one attached hydrogen (secondary N) is 3. The first-order chi connectivity index (χ1) is 14.9. The summed E-state index contributed by atoms with van der Waals surface area (Å²) in [7, 11) is -0.493. The summed E-state index contributed by atoms with van der Waals surface area (Å²) in [6, 6.07) is 21.0. The van der Waals surface area contributed by atoms with Crippen LogP contribution in [0.15, 0.2) is 77.7 Å². The lowest BCUT2D eigenvalue weighted by Gasteiger charge is -2.13. The van der Waals surface area contributed by atoms with Crippen LogP contribution in [0.2, 0.25) is 0 Å². The summed E-state index contributed by atoms with van der Waals surface area (Å²) in [5.41, 5.74) is 2.26. The molecule has 0 unspecified atom stereocenters. The predicted octanol–water partition coefficient (Wildman–Crippen LogP) is 3.99. The van der Waals surface area contributed by atoms with Gasteiger partial charge in [-0.25, -0.2) is 13.1 Å². The minimum atomic E-state index is -3.62. The van der Waals surface area contributed by atoms with Crippen molar-refractivity contribution in [1.29, 1.82) is 0 Å². The Hall–Kier alpha value is -3.14. The van der Waals surface area contributed by atoms with E-state index < -0.39 is 10.0 Å². The molecule has 0 saturated heterocycles. The highest BCUT2D eigenvalue weighted by atomic mass is 32.2. The van der Waals surface area contributed by atoms with Crippen molar-refractivity contribution in [2.45, 2.75) is 11.4 Å². The van der Waals surface area contributed by atoms with E-state index in [0.29, 0.717) is 22.3 Å². The van der Waals surface area contributed by atoms with Crippen LogP contribution in [0.1, 0.15) is 5.56 Å². The Morgan fingerprint density at radius 1 is 0.839 bits per heavy atom. The Bertz CT molecular complexity index is 1140. The van der Waals surface area contributed by atoms with E-state index in [1.807, 2.05) is 36.4 Å². The molecule has 0 saturated carbocycles. The average molecular weight is 458 g/mol. The molecule has 162 valence electrons. The van der Waals surface area contributed by atoms with Crippen LogP contribution in [0.3, 0.4) is 0 Å². The molecule has 0 bridgehead atoms. The van der Waals surface area contributed by atoms with Crippen LogP contribution in [0.25, 0.3) is 0 Å². The maximum absolute atomic E-state index is 12.5. The van der Waals surface area contributed by atoms with E-state index in [4.69, 9.17) is 21.7 Å². The zero-order valence-electron chi connectivity index (χ0n) is 17.1. The number of sulfonamides is 1. The van der Waals surface area contributed by atoms with Gasteiger partial charge in [-0.15, -0.1) is 0 Å². The second-order valence-electron chi connectivity index (χ2n) is 6.48. The lowest BCUT2D eigenvalue weighted by atomic mass is 10.2. The topological polar surface area (TPSA) is 88.7 Å². The second-order valence-corrected chi connectivity index (χ2v) is 8.66. The number of ether oxygens (including phenoxy) is 2.